The number of aliphatic hydroxyl groups is 1. The number of aliphatic hydroxyl groups excluding tert-OH is 1. The van der Waals surface area contributed by atoms with Crippen LogP contribution >= 0.6 is 0 Å². The van der Waals surface area contributed by atoms with E-state index in [-0.39, 0.29) is 18.3 Å². The number of carbonyl (C=O) groups excluding carboxylic acids is 1. The summed E-state index contributed by atoms with van der Waals surface area (Å²) in [5.74, 6) is 4.97. The van der Waals surface area contributed by atoms with Crippen molar-refractivity contribution in [3.8, 4) is 11.8 Å². The van der Waals surface area contributed by atoms with Crippen LogP contribution in [0.1, 0.15) is 10.4 Å². The van der Waals surface area contributed by atoms with Crippen molar-refractivity contribution in [2.75, 3.05) is 18.5 Å². The van der Waals surface area contributed by atoms with Crippen molar-refractivity contribution < 1.29 is 9.90 Å². The van der Waals surface area contributed by atoms with E-state index in [9.17, 15) is 4.79 Å². The van der Waals surface area contributed by atoms with Gasteiger partial charge < -0.3 is 10.4 Å². The van der Waals surface area contributed by atoms with Crippen LogP contribution in [0.2, 0.25) is 0 Å². The Morgan fingerprint density at radius 1 is 1.47 bits per heavy atom. The quantitative estimate of drug-likeness (QED) is 0.613. The predicted molar refractivity (Wildman–Crippen MR) is 57.6 cm³/mol. The number of anilines is 1. The second-order valence-corrected chi connectivity index (χ2v) is 3.32. The molecule has 0 spiro atoms. The number of rotatable bonds is 0. The lowest BCUT2D eigenvalue weighted by molar-refractivity contribution is 0.0951. The normalized spacial score (nSPS) is 18.5. The molecule has 0 saturated heterocycles. The molecule has 1 aromatic carbocycles. The van der Waals surface area contributed by atoms with Crippen molar-refractivity contribution in [1.29, 1.82) is 0 Å². The van der Waals surface area contributed by atoms with E-state index >= 15 is 0 Å². The van der Waals surface area contributed by atoms with Crippen LogP contribution in [0.25, 0.3) is 0 Å². The molecule has 0 fully saturated rings. The fraction of sp³-hybridized carbons (Fsp3) is 0.250. The van der Waals surface area contributed by atoms with E-state index in [2.05, 4.69) is 17.2 Å². The van der Waals surface area contributed by atoms with Crippen molar-refractivity contribution in [2.45, 2.75) is 0 Å². The summed E-state index contributed by atoms with van der Waals surface area (Å²) in [6.07, 6.45) is 0. The average Bonchev–Trinajstić information content (AvgIpc) is 2.29. The summed E-state index contributed by atoms with van der Waals surface area (Å²) in [5.41, 5.74) is 1.55. The van der Waals surface area contributed by atoms with Crippen LogP contribution in [0.15, 0.2) is 24.3 Å². The third-order valence-corrected chi connectivity index (χ3v) is 2.36. The van der Waals surface area contributed by atoms with Gasteiger partial charge in [-0.3, -0.25) is 4.79 Å². The number of nitrogens with one attached hydrogen (secondary N) is 1. The first-order valence-electron chi connectivity index (χ1n) is 4.79. The highest BCUT2D eigenvalue weighted by Gasteiger charge is 2.24. The van der Waals surface area contributed by atoms with Crippen molar-refractivity contribution in [2.24, 2.45) is 5.92 Å². The summed E-state index contributed by atoms with van der Waals surface area (Å²) < 4.78 is 0. The van der Waals surface area contributed by atoms with Gasteiger partial charge in [0, 0.05) is 17.8 Å². The molecule has 1 aromatic rings. The molecule has 2 N–H and O–H groups in total. The third-order valence-electron chi connectivity index (χ3n) is 2.36. The summed E-state index contributed by atoms with van der Waals surface area (Å²) in [4.78, 5) is 11.9. The number of benzene rings is 1. The van der Waals surface area contributed by atoms with Gasteiger partial charge in [-0.1, -0.05) is 24.0 Å². The lowest BCUT2D eigenvalue weighted by Gasteiger charge is -2.21. The molecule has 0 aromatic heterocycles. The van der Waals surface area contributed by atoms with Gasteiger partial charge in [-0.15, -0.1) is 0 Å². The summed E-state index contributed by atoms with van der Waals surface area (Å²) in [7, 11) is 0. The van der Waals surface area contributed by atoms with Gasteiger partial charge in [-0.25, -0.2) is 0 Å². The summed E-state index contributed by atoms with van der Waals surface area (Å²) in [6, 6.07) is 7.39. The first-order valence-corrected chi connectivity index (χ1v) is 4.79. The molecule has 0 aliphatic carbocycles. The van der Waals surface area contributed by atoms with Crippen molar-refractivity contribution >= 4 is 11.5 Å². The zero-order valence-corrected chi connectivity index (χ0v) is 8.16. The number of fused-ring (bicyclic) bond motifs is 1. The van der Waals surface area contributed by atoms with Crippen LogP contribution < -0.4 is 5.32 Å². The maximum absolute atomic E-state index is 11.9. The van der Waals surface area contributed by atoms with E-state index in [0.717, 1.165) is 5.69 Å². The number of hydrogen-bond donors (Lipinski definition) is 2. The highest BCUT2D eigenvalue weighted by Crippen LogP contribution is 2.23. The second kappa shape index (κ2) is 4.16. The molecule has 1 heterocycles. The van der Waals surface area contributed by atoms with E-state index in [1.807, 2.05) is 18.2 Å². The summed E-state index contributed by atoms with van der Waals surface area (Å²) >= 11 is 0. The predicted octanol–water partition coefficient (Wildman–Crippen LogP) is 0.907. The molecule has 1 aliphatic heterocycles. The number of Topliss-reactive ketones (excluding diaryl/α,β-unsaturated/α-hetero) is 1. The van der Waals surface area contributed by atoms with Crippen LogP contribution in [0, 0.1) is 17.8 Å². The Hall–Kier alpha value is -1.79. The molecule has 0 amide bonds. The number of para-hydroxylation sites is 1. The molecule has 0 bridgehead atoms. The van der Waals surface area contributed by atoms with E-state index in [1.54, 1.807) is 6.07 Å². The average molecular weight is 201 g/mol. The fourth-order valence-electron chi connectivity index (χ4n) is 1.63. The number of hydrogen-bond acceptors (Lipinski definition) is 3. The largest absolute Gasteiger partial charge is 0.384 e. The Balaban J connectivity index is 2.30. The molecule has 0 radical (unpaired) electrons. The zero-order chi connectivity index (χ0) is 10.7. The van der Waals surface area contributed by atoms with E-state index in [1.165, 1.54) is 0 Å². The second-order valence-electron chi connectivity index (χ2n) is 3.32. The van der Waals surface area contributed by atoms with Gasteiger partial charge in [-0.2, -0.15) is 0 Å². The molecule has 2 rings (SSSR count). The monoisotopic (exact) mass is 201 g/mol. The Morgan fingerprint density at radius 2 is 2.27 bits per heavy atom. The minimum Gasteiger partial charge on any atom is -0.384 e. The molecular formula is C12H11NO2. The van der Waals surface area contributed by atoms with Gasteiger partial charge in [0.15, 0.2) is 5.78 Å². The van der Waals surface area contributed by atoms with Crippen molar-refractivity contribution in [1.82, 2.24) is 0 Å². The first-order chi connectivity index (χ1) is 7.33. The van der Waals surface area contributed by atoms with E-state index in [0.29, 0.717) is 12.1 Å². The van der Waals surface area contributed by atoms with Gasteiger partial charge in [0.1, 0.15) is 12.5 Å². The first kappa shape index (κ1) is 9.75. The van der Waals surface area contributed by atoms with Crippen molar-refractivity contribution in [3.05, 3.63) is 29.8 Å². The molecular weight excluding hydrogens is 190 g/mol. The lowest BCUT2D eigenvalue weighted by Crippen LogP contribution is -2.28. The SMILES string of the molecule is O=C1c2ccccc2NCC1C#CCO. The number of ketones is 1. The molecule has 1 unspecified atom stereocenters. The fourth-order valence-corrected chi connectivity index (χ4v) is 1.63. The highest BCUT2D eigenvalue weighted by atomic mass is 16.2. The zero-order valence-electron chi connectivity index (χ0n) is 8.16. The van der Waals surface area contributed by atoms with Gasteiger partial charge in [0.2, 0.25) is 0 Å². The molecule has 15 heavy (non-hydrogen) atoms. The maximum atomic E-state index is 11.9. The number of carbonyl (C=O) groups is 1. The van der Waals surface area contributed by atoms with Crippen LogP contribution in [-0.2, 0) is 0 Å². The highest BCUT2D eigenvalue weighted by molar-refractivity contribution is 6.06. The molecule has 3 nitrogen and oxygen atoms in total. The summed E-state index contributed by atoms with van der Waals surface area (Å²) in [6.45, 7) is 0.314. The minimum atomic E-state index is -0.341. The Kier molecular flexibility index (Phi) is 2.70. The van der Waals surface area contributed by atoms with Crippen LogP contribution in [0.4, 0.5) is 5.69 Å². The molecule has 1 atom stereocenters. The van der Waals surface area contributed by atoms with Gasteiger partial charge in [0.25, 0.3) is 0 Å². The molecule has 3 heteroatoms. The van der Waals surface area contributed by atoms with E-state index in [4.69, 9.17) is 5.11 Å². The maximum Gasteiger partial charge on any atom is 0.181 e. The summed E-state index contributed by atoms with van der Waals surface area (Å²) in [5, 5.41) is 11.7. The van der Waals surface area contributed by atoms with Crippen molar-refractivity contribution in [3.63, 3.8) is 0 Å². The lowest BCUT2D eigenvalue weighted by atomic mass is 9.93. The smallest absolute Gasteiger partial charge is 0.181 e. The van der Waals surface area contributed by atoms with Gasteiger partial charge in [-0.05, 0) is 12.1 Å². The van der Waals surface area contributed by atoms with Crippen LogP contribution in [0.3, 0.4) is 0 Å². The molecule has 76 valence electrons. The third kappa shape index (κ3) is 1.85. The molecule has 0 saturated carbocycles. The van der Waals surface area contributed by atoms with E-state index < -0.39 is 0 Å². The molecule has 1 aliphatic rings. The van der Waals surface area contributed by atoms with Gasteiger partial charge >= 0.3 is 0 Å². The topological polar surface area (TPSA) is 49.3 Å². The Bertz CT molecular complexity index is 442. The van der Waals surface area contributed by atoms with Crippen LogP contribution in [-0.4, -0.2) is 24.0 Å². The Labute approximate surface area is 88.1 Å². The standard InChI is InChI=1S/C12H11NO2/c14-7-3-4-9-8-13-11-6-2-1-5-10(11)12(9)15/h1-2,5-6,9,13-14H,7-8H2. The Morgan fingerprint density at radius 3 is 3.07 bits per heavy atom. The van der Waals surface area contributed by atoms with Gasteiger partial charge in [0.05, 0.1) is 0 Å². The van der Waals surface area contributed by atoms with Crippen LogP contribution in [0.5, 0.6) is 0 Å². The minimum absolute atomic E-state index is 0.0327.